The molecule has 19 heavy (non-hydrogen) atoms. The number of rotatable bonds is 1. The number of carbonyl (C=O) groups is 2. The van der Waals surface area contributed by atoms with Gasteiger partial charge in [0, 0.05) is 12.5 Å². The zero-order chi connectivity index (χ0) is 14.2. The number of hydrogen-bond acceptors (Lipinski definition) is 3. The summed E-state index contributed by atoms with van der Waals surface area (Å²) >= 11 is 0. The fourth-order valence-corrected chi connectivity index (χ4v) is 2.07. The molecule has 0 radical (unpaired) electrons. The van der Waals surface area contributed by atoms with Crippen LogP contribution in [0.2, 0.25) is 0 Å². The molecule has 0 saturated carbocycles. The van der Waals surface area contributed by atoms with Crippen molar-refractivity contribution in [2.45, 2.75) is 26.4 Å². The van der Waals surface area contributed by atoms with Gasteiger partial charge in [0.15, 0.2) is 0 Å². The van der Waals surface area contributed by atoms with Crippen molar-refractivity contribution < 1.29 is 23.8 Å². The molecule has 102 valence electrons. The van der Waals surface area contributed by atoms with E-state index in [1.807, 2.05) is 0 Å². The van der Waals surface area contributed by atoms with E-state index in [2.05, 4.69) is 0 Å². The predicted molar refractivity (Wildman–Crippen MR) is 64.5 cm³/mol. The normalized spacial score (nSPS) is 18.3. The molecule has 0 aromatic heterocycles. The van der Waals surface area contributed by atoms with Crippen LogP contribution in [0.5, 0.6) is 5.75 Å². The van der Waals surface area contributed by atoms with Gasteiger partial charge in [-0.05, 0) is 19.1 Å². The van der Waals surface area contributed by atoms with E-state index in [0.717, 1.165) is 6.07 Å². The number of carbonyl (C=O) groups excluding carboxylic acids is 1. The maximum absolute atomic E-state index is 14.0. The number of fused-ring (bicyclic) bond motifs is 1. The fraction of sp³-hybridized carbons (Fsp3) is 0.385. The average molecular weight is 267 g/mol. The highest BCUT2D eigenvalue weighted by Crippen LogP contribution is 2.29. The van der Waals surface area contributed by atoms with E-state index in [-0.39, 0.29) is 42.0 Å². The lowest BCUT2D eigenvalue weighted by Gasteiger charge is -2.24. The molecule has 0 fully saturated rings. The molecule has 1 aliphatic rings. The molecular formula is C13H14FNO4. The third-order valence-electron chi connectivity index (χ3n) is 3.15. The Morgan fingerprint density at radius 1 is 1.47 bits per heavy atom. The van der Waals surface area contributed by atoms with Gasteiger partial charge in [0.1, 0.15) is 18.2 Å². The van der Waals surface area contributed by atoms with Crippen LogP contribution in [0.15, 0.2) is 12.1 Å². The average Bonchev–Trinajstić information content (AvgIpc) is 2.49. The van der Waals surface area contributed by atoms with Crippen molar-refractivity contribution in [3.63, 3.8) is 0 Å². The Bertz CT molecular complexity index is 544. The smallest absolute Gasteiger partial charge is 0.335 e. The largest absolute Gasteiger partial charge is 0.491 e. The first-order valence-electron chi connectivity index (χ1n) is 5.86. The highest BCUT2D eigenvalue weighted by molar-refractivity contribution is 5.88. The maximum Gasteiger partial charge on any atom is 0.335 e. The monoisotopic (exact) mass is 267 g/mol. The molecule has 1 aliphatic heterocycles. The van der Waals surface area contributed by atoms with Crippen molar-refractivity contribution in [1.82, 2.24) is 4.90 Å². The molecule has 1 amide bonds. The van der Waals surface area contributed by atoms with Crippen molar-refractivity contribution in [2.24, 2.45) is 0 Å². The lowest BCUT2D eigenvalue weighted by atomic mass is 10.1. The van der Waals surface area contributed by atoms with E-state index >= 15 is 0 Å². The predicted octanol–water partition coefficient (Wildman–Crippen LogP) is 1.65. The van der Waals surface area contributed by atoms with Crippen LogP contribution in [0.1, 0.15) is 29.8 Å². The van der Waals surface area contributed by atoms with Gasteiger partial charge in [-0.25, -0.2) is 9.18 Å². The van der Waals surface area contributed by atoms with Gasteiger partial charge in [-0.15, -0.1) is 0 Å². The molecule has 0 bridgehead atoms. The number of carboxylic acid groups (broad SMARTS) is 1. The van der Waals surface area contributed by atoms with Crippen LogP contribution in [0.4, 0.5) is 4.39 Å². The number of aromatic carboxylic acids is 1. The molecule has 0 aliphatic carbocycles. The van der Waals surface area contributed by atoms with Gasteiger partial charge in [0.2, 0.25) is 5.91 Å². The molecule has 1 aromatic rings. The molecule has 1 unspecified atom stereocenters. The van der Waals surface area contributed by atoms with Crippen LogP contribution in [0.25, 0.3) is 0 Å². The topological polar surface area (TPSA) is 66.8 Å². The Hall–Kier alpha value is -2.11. The van der Waals surface area contributed by atoms with Crippen molar-refractivity contribution in [3.05, 3.63) is 29.1 Å². The quantitative estimate of drug-likeness (QED) is 0.840. The highest BCUT2D eigenvalue weighted by atomic mass is 19.1. The lowest BCUT2D eigenvalue weighted by molar-refractivity contribution is -0.131. The molecule has 1 N–H and O–H groups in total. The van der Waals surface area contributed by atoms with Crippen LogP contribution >= 0.6 is 0 Å². The SMILES string of the molecule is CC(=O)N1Cc2c(F)cc(C(=O)O)cc2OCC1C. The van der Waals surface area contributed by atoms with Gasteiger partial charge in [0.05, 0.1) is 18.2 Å². The summed E-state index contributed by atoms with van der Waals surface area (Å²) in [6.07, 6.45) is 0. The second-order valence-corrected chi connectivity index (χ2v) is 4.55. The van der Waals surface area contributed by atoms with E-state index in [4.69, 9.17) is 9.84 Å². The van der Waals surface area contributed by atoms with E-state index in [1.165, 1.54) is 17.9 Å². The van der Waals surface area contributed by atoms with Gasteiger partial charge >= 0.3 is 5.97 Å². The molecular weight excluding hydrogens is 253 g/mol. The van der Waals surface area contributed by atoms with E-state index < -0.39 is 11.8 Å². The Morgan fingerprint density at radius 3 is 2.74 bits per heavy atom. The summed E-state index contributed by atoms with van der Waals surface area (Å²) in [6, 6.07) is 2.04. The van der Waals surface area contributed by atoms with Gasteiger partial charge in [-0.1, -0.05) is 0 Å². The van der Waals surface area contributed by atoms with Crippen LogP contribution in [0.3, 0.4) is 0 Å². The molecule has 1 heterocycles. The highest BCUT2D eigenvalue weighted by Gasteiger charge is 2.26. The van der Waals surface area contributed by atoms with Crippen molar-refractivity contribution in [3.8, 4) is 5.75 Å². The van der Waals surface area contributed by atoms with Crippen molar-refractivity contribution in [1.29, 1.82) is 0 Å². The fourth-order valence-electron chi connectivity index (χ4n) is 2.07. The first-order valence-corrected chi connectivity index (χ1v) is 5.86. The third-order valence-corrected chi connectivity index (χ3v) is 3.15. The van der Waals surface area contributed by atoms with E-state index in [1.54, 1.807) is 6.92 Å². The van der Waals surface area contributed by atoms with Crippen molar-refractivity contribution >= 4 is 11.9 Å². The number of nitrogens with zero attached hydrogens (tertiary/aromatic N) is 1. The van der Waals surface area contributed by atoms with E-state index in [0.29, 0.717) is 0 Å². The summed E-state index contributed by atoms with van der Waals surface area (Å²) in [4.78, 5) is 23.9. The summed E-state index contributed by atoms with van der Waals surface area (Å²) in [5, 5.41) is 8.89. The van der Waals surface area contributed by atoms with Crippen LogP contribution in [-0.2, 0) is 11.3 Å². The van der Waals surface area contributed by atoms with Gasteiger partial charge in [-0.3, -0.25) is 4.79 Å². The molecule has 0 saturated heterocycles. The molecule has 1 atom stereocenters. The summed E-state index contributed by atoms with van der Waals surface area (Å²) < 4.78 is 19.4. The summed E-state index contributed by atoms with van der Waals surface area (Å²) in [6.45, 7) is 3.49. The third kappa shape index (κ3) is 2.52. The summed E-state index contributed by atoms with van der Waals surface area (Å²) in [5.41, 5.74) is 0.0460. The number of ether oxygens (including phenoxy) is 1. The summed E-state index contributed by atoms with van der Waals surface area (Å²) in [7, 11) is 0. The minimum absolute atomic E-state index is 0.0809. The molecule has 5 nitrogen and oxygen atoms in total. The number of carboxylic acids is 1. The maximum atomic E-state index is 14.0. The first-order chi connectivity index (χ1) is 8.90. The van der Waals surface area contributed by atoms with Gasteiger partial charge in [-0.2, -0.15) is 0 Å². The molecule has 1 aromatic carbocycles. The number of benzene rings is 1. The molecule has 0 spiro atoms. The zero-order valence-electron chi connectivity index (χ0n) is 10.6. The molecule has 2 rings (SSSR count). The Balaban J connectivity index is 2.46. The standard InChI is InChI=1S/C13H14FNO4/c1-7-6-19-12-4-9(13(17)18)3-11(14)10(12)5-15(7)8(2)16/h3-4,7H,5-6H2,1-2H3,(H,17,18). The minimum Gasteiger partial charge on any atom is -0.491 e. The zero-order valence-corrected chi connectivity index (χ0v) is 10.6. The Kier molecular flexibility index (Phi) is 3.42. The van der Waals surface area contributed by atoms with Gasteiger partial charge < -0.3 is 14.7 Å². The Morgan fingerprint density at radius 2 is 2.16 bits per heavy atom. The first kappa shape index (κ1) is 13.3. The van der Waals surface area contributed by atoms with Gasteiger partial charge in [0.25, 0.3) is 0 Å². The van der Waals surface area contributed by atoms with Crippen LogP contribution in [0, 0.1) is 5.82 Å². The number of hydrogen-bond donors (Lipinski definition) is 1. The molecule has 6 heteroatoms. The minimum atomic E-state index is -1.22. The van der Waals surface area contributed by atoms with Crippen LogP contribution < -0.4 is 4.74 Å². The van der Waals surface area contributed by atoms with Crippen LogP contribution in [-0.4, -0.2) is 34.5 Å². The Labute approximate surface area is 109 Å². The number of amides is 1. The lowest BCUT2D eigenvalue weighted by Crippen LogP contribution is -2.38. The van der Waals surface area contributed by atoms with E-state index in [9.17, 15) is 14.0 Å². The second-order valence-electron chi connectivity index (χ2n) is 4.55. The van der Waals surface area contributed by atoms with Crippen molar-refractivity contribution in [2.75, 3.05) is 6.61 Å². The summed E-state index contributed by atoms with van der Waals surface area (Å²) in [5.74, 6) is -1.88. The number of halogens is 1. The second kappa shape index (κ2) is 4.87.